The molecule has 2 aromatic carbocycles. The van der Waals surface area contributed by atoms with Crippen LogP contribution in [-0.2, 0) is 24.8 Å². The van der Waals surface area contributed by atoms with Crippen LogP contribution in [0, 0.1) is 12.8 Å². The zero-order valence-corrected chi connectivity index (χ0v) is 17.7. The monoisotopic (exact) mass is 472 g/mol. The smallest absolute Gasteiger partial charge is 0.261 e. The average Bonchev–Trinajstić information content (AvgIpc) is 2.78. The molecule has 1 aliphatic heterocycles. The van der Waals surface area contributed by atoms with Crippen molar-refractivity contribution in [3.63, 3.8) is 0 Å². The number of amides is 1. The third-order valence-corrected chi connectivity index (χ3v) is 8.29. The van der Waals surface area contributed by atoms with Crippen LogP contribution in [0.3, 0.4) is 0 Å². The van der Waals surface area contributed by atoms with Crippen LogP contribution in [0.1, 0.15) is 12.5 Å². The number of halogens is 1. The molecule has 0 spiro atoms. The lowest BCUT2D eigenvalue weighted by molar-refractivity contribution is -0.119. The van der Waals surface area contributed by atoms with Gasteiger partial charge in [-0.05, 0) is 48.9 Å². The lowest BCUT2D eigenvalue weighted by Gasteiger charge is -2.16. The van der Waals surface area contributed by atoms with Gasteiger partial charge in [-0.25, -0.2) is 21.1 Å². The van der Waals surface area contributed by atoms with Crippen molar-refractivity contribution in [2.24, 2.45) is 5.92 Å². The van der Waals surface area contributed by atoms with Crippen LogP contribution in [0.2, 0.25) is 0 Å². The van der Waals surface area contributed by atoms with Gasteiger partial charge in [0, 0.05) is 10.2 Å². The van der Waals surface area contributed by atoms with E-state index >= 15 is 0 Å². The second-order valence-corrected chi connectivity index (χ2v) is 10.7. The molecular weight excluding hydrogens is 456 g/mol. The molecule has 1 atom stereocenters. The highest BCUT2D eigenvalue weighted by atomic mass is 79.9. The van der Waals surface area contributed by atoms with Gasteiger partial charge in [-0.2, -0.15) is 0 Å². The number of sulfonamides is 2. The van der Waals surface area contributed by atoms with Gasteiger partial charge in [0.2, 0.25) is 15.9 Å². The zero-order valence-electron chi connectivity index (χ0n) is 14.5. The normalized spacial score (nSPS) is 19.3. The van der Waals surface area contributed by atoms with Gasteiger partial charge in [-0.1, -0.05) is 28.9 Å². The number of anilines is 2. The Labute approximate surface area is 166 Å². The average molecular weight is 473 g/mol. The molecule has 0 aliphatic carbocycles. The summed E-state index contributed by atoms with van der Waals surface area (Å²) in [7, 11) is -7.59. The number of hydrogen-bond acceptors (Lipinski definition) is 5. The Hall–Kier alpha value is -1.91. The number of rotatable bonds is 4. The fraction of sp³-hybridized carbons (Fsp3) is 0.235. The van der Waals surface area contributed by atoms with E-state index in [-0.39, 0.29) is 16.3 Å². The molecule has 0 unspecified atom stereocenters. The first kappa shape index (κ1) is 19.8. The zero-order chi connectivity index (χ0) is 20.0. The first-order valence-electron chi connectivity index (χ1n) is 7.97. The minimum Gasteiger partial charge on any atom is -0.280 e. The van der Waals surface area contributed by atoms with Crippen LogP contribution in [0.15, 0.2) is 51.8 Å². The molecule has 0 aromatic heterocycles. The molecule has 144 valence electrons. The van der Waals surface area contributed by atoms with Crippen LogP contribution < -0.4 is 9.03 Å². The van der Waals surface area contributed by atoms with E-state index in [0.29, 0.717) is 5.69 Å². The minimum atomic E-state index is -3.86. The van der Waals surface area contributed by atoms with Crippen LogP contribution in [-0.4, -0.2) is 28.5 Å². The quantitative estimate of drug-likeness (QED) is 0.736. The Balaban J connectivity index is 1.88. The number of carbonyl (C=O) groups is 1. The number of nitrogens with one attached hydrogen (secondary N) is 1. The van der Waals surface area contributed by atoms with Crippen molar-refractivity contribution in [3.8, 4) is 0 Å². The largest absolute Gasteiger partial charge is 0.280 e. The number of nitrogens with zero attached hydrogens (tertiary/aromatic N) is 1. The molecule has 2 aromatic rings. The maximum Gasteiger partial charge on any atom is 0.261 e. The Morgan fingerprint density at radius 1 is 1.15 bits per heavy atom. The summed E-state index contributed by atoms with van der Waals surface area (Å²) >= 11 is 3.35. The summed E-state index contributed by atoms with van der Waals surface area (Å²) in [4.78, 5) is 12.1. The van der Waals surface area contributed by atoms with Gasteiger partial charge in [0.25, 0.3) is 10.0 Å². The highest BCUT2D eigenvalue weighted by molar-refractivity contribution is 9.10. The second kappa shape index (κ2) is 6.92. The third-order valence-electron chi connectivity index (χ3n) is 4.17. The summed E-state index contributed by atoms with van der Waals surface area (Å²) in [5.74, 6) is -1.40. The number of carbonyl (C=O) groups excluding carboxylic acids is 1. The molecule has 1 fully saturated rings. The van der Waals surface area contributed by atoms with Gasteiger partial charge in [-0.3, -0.25) is 9.52 Å². The summed E-state index contributed by atoms with van der Waals surface area (Å²) in [6.45, 7) is 3.43. The predicted molar refractivity (Wildman–Crippen MR) is 107 cm³/mol. The topological polar surface area (TPSA) is 101 Å². The van der Waals surface area contributed by atoms with E-state index in [9.17, 15) is 21.6 Å². The maximum absolute atomic E-state index is 12.5. The van der Waals surface area contributed by atoms with E-state index < -0.39 is 31.9 Å². The fourth-order valence-corrected chi connectivity index (χ4v) is 5.97. The molecule has 1 saturated heterocycles. The summed E-state index contributed by atoms with van der Waals surface area (Å²) in [6.07, 6.45) is 0. The van der Waals surface area contributed by atoms with Crippen LogP contribution in [0.25, 0.3) is 0 Å². The van der Waals surface area contributed by atoms with E-state index in [1.54, 1.807) is 25.1 Å². The molecule has 10 heteroatoms. The third kappa shape index (κ3) is 3.87. The first-order chi connectivity index (χ1) is 12.5. The first-order valence-corrected chi connectivity index (χ1v) is 11.9. The molecule has 1 N–H and O–H groups in total. The van der Waals surface area contributed by atoms with Crippen molar-refractivity contribution >= 4 is 53.3 Å². The molecule has 1 heterocycles. The Bertz CT molecular complexity index is 1110. The Morgan fingerprint density at radius 2 is 1.78 bits per heavy atom. The summed E-state index contributed by atoms with van der Waals surface area (Å²) in [5, 5.41) is 0. The van der Waals surface area contributed by atoms with E-state index in [4.69, 9.17) is 0 Å². The van der Waals surface area contributed by atoms with Gasteiger partial charge in [-0.15, -0.1) is 0 Å². The number of hydrogen-bond donors (Lipinski definition) is 1. The van der Waals surface area contributed by atoms with Gasteiger partial charge in [0.1, 0.15) is 0 Å². The summed E-state index contributed by atoms with van der Waals surface area (Å²) in [6, 6.07) is 10.2. The standard InChI is InChI=1S/C17H17BrN2O5S2/c1-11-3-4-13(9-16(11)18)19-27(24,25)15-7-5-14(6-8-15)20-17(21)12(2)10-26(20,22)23/h3-9,12,19H,10H2,1-2H3/t12-/m0/s1. The number of benzene rings is 2. The molecule has 7 nitrogen and oxygen atoms in total. The van der Waals surface area contributed by atoms with E-state index in [2.05, 4.69) is 20.7 Å². The van der Waals surface area contributed by atoms with Crippen molar-refractivity contribution in [2.45, 2.75) is 18.7 Å². The lowest BCUT2D eigenvalue weighted by atomic mass is 10.2. The van der Waals surface area contributed by atoms with Crippen molar-refractivity contribution < 1.29 is 21.6 Å². The van der Waals surface area contributed by atoms with Crippen molar-refractivity contribution in [3.05, 3.63) is 52.5 Å². The fourth-order valence-electron chi connectivity index (χ4n) is 2.72. The van der Waals surface area contributed by atoms with E-state index in [0.717, 1.165) is 14.3 Å². The molecule has 1 amide bonds. The summed E-state index contributed by atoms with van der Waals surface area (Å²) < 4.78 is 53.3. The van der Waals surface area contributed by atoms with Gasteiger partial charge < -0.3 is 0 Å². The molecule has 0 bridgehead atoms. The second-order valence-electron chi connectivity index (χ2n) is 6.35. The van der Waals surface area contributed by atoms with Crippen molar-refractivity contribution in [2.75, 3.05) is 14.8 Å². The highest BCUT2D eigenvalue weighted by Crippen LogP contribution is 2.29. The van der Waals surface area contributed by atoms with Crippen molar-refractivity contribution in [1.29, 1.82) is 0 Å². The van der Waals surface area contributed by atoms with E-state index in [1.807, 2.05) is 6.92 Å². The Morgan fingerprint density at radius 3 is 2.30 bits per heavy atom. The molecule has 0 saturated carbocycles. The highest BCUT2D eigenvalue weighted by Gasteiger charge is 2.41. The molecule has 27 heavy (non-hydrogen) atoms. The van der Waals surface area contributed by atoms with Crippen LogP contribution >= 0.6 is 15.9 Å². The molecule has 1 aliphatic rings. The summed E-state index contributed by atoms with van der Waals surface area (Å²) in [5.41, 5.74) is 1.48. The number of aryl methyl sites for hydroxylation is 1. The molecular formula is C17H17BrN2O5S2. The van der Waals surface area contributed by atoms with Crippen LogP contribution in [0.5, 0.6) is 0 Å². The predicted octanol–water partition coefficient (Wildman–Crippen LogP) is 2.87. The molecule has 0 radical (unpaired) electrons. The van der Waals surface area contributed by atoms with Gasteiger partial charge in [0.05, 0.1) is 22.3 Å². The van der Waals surface area contributed by atoms with Gasteiger partial charge >= 0.3 is 0 Å². The molecule has 3 rings (SSSR count). The maximum atomic E-state index is 12.5. The van der Waals surface area contributed by atoms with Crippen molar-refractivity contribution in [1.82, 2.24) is 0 Å². The van der Waals surface area contributed by atoms with E-state index in [1.165, 1.54) is 24.3 Å². The minimum absolute atomic E-state index is 0.0416. The lowest BCUT2D eigenvalue weighted by Crippen LogP contribution is -2.30. The van der Waals surface area contributed by atoms with Gasteiger partial charge in [0.15, 0.2) is 0 Å². The Kier molecular flexibility index (Phi) is 5.08. The SMILES string of the molecule is Cc1ccc(NS(=O)(=O)c2ccc(N3C(=O)[C@@H](C)CS3(=O)=O)cc2)cc1Br. The van der Waals surface area contributed by atoms with Crippen LogP contribution in [0.4, 0.5) is 11.4 Å².